The number of hydrogen-bond donors (Lipinski definition) is 1. The van der Waals surface area contributed by atoms with Crippen molar-refractivity contribution in [1.82, 2.24) is 4.90 Å². The second-order valence-electron chi connectivity index (χ2n) is 6.91. The lowest BCUT2D eigenvalue weighted by molar-refractivity contribution is -0.189. The van der Waals surface area contributed by atoms with Crippen LogP contribution in [0, 0.1) is 5.92 Å². The van der Waals surface area contributed by atoms with Crippen molar-refractivity contribution in [1.29, 1.82) is 0 Å². The van der Waals surface area contributed by atoms with Crippen molar-refractivity contribution in [3.8, 4) is 5.75 Å². The second-order valence-corrected chi connectivity index (χ2v) is 6.91. The smallest absolute Gasteiger partial charge is 0.393 e. The van der Waals surface area contributed by atoms with Crippen LogP contribution in [0.5, 0.6) is 5.75 Å². The number of methoxy groups -OCH3 is 1. The van der Waals surface area contributed by atoms with Gasteiger partial charge in [-0.2, -0.15) is 13.2 Å². The Hall–Kier alpha value is -2.54. The molecule has 2 atom stereocenters. The number of nitrogens with one attached hydrogen (secondary N) is 1. The number of rotatable bonds is 5. The number of amides is 1. The molecular formula is C21H23F3N2O2. The zero-order chi connectivity index (χ0) is 20.1. The van der Waals surface area contributed by atoms with Gasteiger partial charge in [0.05, 0.1) is 13.0 Å². The molecule has 0 bridgehead atoms. The molecule has 0 spiro atoms. The van der Waals surface area contributed by atoms with E-state index in [1.54, 1.807) is 60.5 Å². The number of ether oxygens (including phenoxy) is 1. The lowest BCUT2D eigenvalue weighted by Gasteiger charge is -2.38. The van der Waals surface area contributed by atoms with Crippen molar-refractivity contribution in [2.24, 2.45) is 5.92 Å². The van der Waals surface area contributed by atoms with Gasteiger partial charge in [-0.3, -0.25) is 9.69 Å². The highest BCUT2D eigenvalue weighted by Gasteiger charge is 2.44. The van der Waals surface area contributed by atoms with Gasteiger partial charge in [0.25, 0.3) is 0 Å². The van der Waals surface area contributed by atoms with Gasteiger partial charge in [-0.1, -0.05) is 30.3 Å². The van der Waals surface area contributed by atoms with E-state index in [1.165, 1.54) is 0 Å². The Morgan fingerprint density at radius 1 is 1.14 bits per heavy atom. The molecule has 1 aliphatic heterocycles. The Kier molecular flexibility index (Phi) is 6.24. The third-order valence-corrected chi connectivity index (χ3v) is 5.00. The lowest BCUT2D eigenvalue weighted by Crippen LogP contribution is -2.46. The van der Waals surface area contributed by atoms with Gasteiger partial charge in [-0.15, -0.1) is 0 Å². The quantitative estimate of drug-likeness (QED) is 0.805. The highest BCUT2D eigenvalue weighted by atomic mass is 19.4. The third-order valence-electron chi connectivity index (χ3n) is 5.00. The molecule has 1 aliphatic rings. The fourth-order valence-electron chi connectivity index (χ4n) is 3.56. The molecule has 2 aromatic carbocycles. The fourth-order valence-corrected chi connectivity index (χ4v) is 3.56. The summed E-state index contributed by atoms with van der Waals surface area (Å²) in [5.41, 5.74) is 1.24. The van der Waals surface area contributed by atoms with Gasteiger partial charge in [0.2, 0.25) is 5.91 Å². The zero-order valence-electron chi connectivity index (χ0n) is 15.6. The molecule has 7 heteroatoms. The molecule has 4 nitrogen and oxygen atoms in total. The first-order chi connectivity index (χ1) is 13.4. The molecule has 0 aliphatic carbocycles. The van der Waals surface area contributed by atoms with Crippen molar-refractivity contribution in [2.75, 3.05) is 25.5 Å². The molecule has 1 N–H and O–H groups in total. The monoisotopic (exact) mass is 392 g/mol. The van der Waals surface area contributed by atoms with Crippen LogP contribution in [0.15, 0.2) is 54.6 Å². The average molecular weight is 392 g/mol. The van der Waals surface area contributed by atoms with Crippen LogP contribution < -0.4 is 10.1 Å². The molecule has 1 heterocycles. The van der Waals surface area contributed by atoms with Crippen LogP contribution in [0.1, 0.15) is 24.4 Å². The van der Waals surface area contributed by atoms with Gasteiger partial charge in [0.1, 0.15) is 11.8 Å². The Morgan fingerprint density at radius 2 is 1.82 bits per heavy atom. The Labute approximate surface area is 162 Å². The van der Waals surface area contributed by atoms with Crippen LogP contribution in [0.2, 0.25) is 0 Å². The summed E-state index contributed by atoms with van der Waals surface area (Å²) in [6, 6.07) is 15.0. The van der Waals surface area contributed by atoms with E-state index in [0.29, 0.717) is 30.0 Å². The molecule has 28 heavy (non-hydrogen) atoms. The van der Waals surface area contributed by atoms with Crippen molar-refractivity contribution in [3.05, 3.63) is 60.2 Å². The van der Waals surface area contributed by atoms with E-state index in [4.69, 9.17) is 4.74 Å². The maximum Gasteiger partial charge on any atom is 0.393 e. The molecule has 1 fully saturated rings. The van der Waals surface area contributed by atoms with Crippen molar-refractivity contribution in [3.63, 3.8) is 0 Å². The van der Waals surface area contributed by atoms with Gasteiger partial charge in [-0.25, -0.2) is 0 Å². The minimum atomic E-state index is -4.26. The van der Waals surface area contributed by atoms with Crippen LogP contribution in [0.3, 0.4) is 0 Å². The number of halogens is 3. The molecule has 0 aromatic heterocycles. The standard InChI is InChI=1S/C21H23F3N2O2/c1-28-18-11-9-17(10-12-18)25-20(27)19(15-6-3-2-4-7-15)26-13-5-8-16(14-26)21(22,23)24/h2-4,6-7,9-12,16,19H,5,8,13-14H2,1H3,(H,25,27)/t16-,19+/m0/s1. The average Bonchev–Trinajstić information content (AvgIpc) is 2.69. The maximum atomic E-state index is 13.3. The number of benzene rings is 2. The van der Waals surface area contributed by atoms with Crippen molar-refractivity contribution in [2.45, 2.75) is 25.1 Å². The van der Waals surface area contributed by atoms with Gasteiger partial charge < -0.3 is 10.1 Å². The molecule has 1 saturated heterocycles. The molecule has 3 rings (SSSR count). The Bertz CT molecular complexity index is 778. The molecule has 150 valence electrons. The summed E-state index contributed by atoms with van der Waals surface area (Å²) in [6.07, 6.45) is -3.75. The highest BCUT2D eigenvalue weighted by molar-refractivity contribution is 5.95. The summed E-state index contributed by atoms with van der Waals surface area (Å²) in [4.78, 5) is 14.7. The summed E-state index contributed by atoms with van der Waals surface area (Å²) < 4.78 is 44.9. The van der Waals surface area contributed by atoms with E-state index in [1.807, 2.05) is 6.07 Å². The number of alkyl halides is 3. The maximum absolute atomic E-state index is 13.3. The van der Waals surface area contributed by atoms with Crippen LogP contribution >= 0.6 is 0 Å². The molecule has 1 amide bonds. The molecule has 0 radical (unpaired) electrons. The van der Waals surface area contributed by atoms with E-state index < -0.39 is 18.1 Å². The van der Waals surface area contributed by atoms with Crippen molar-refractivity contribution >= 4 is 11.6 Å². The first-order valence-electron chi connectivity index (χ1n) is 9.19. The summed E-state index contributed by atoms with van der Waals surface area (Å²) in [5, 5.41) is 2.83. The third kappa shape index (κ3) is 4.84. The van der Waals surface area contributed by atoms with Crippen LogP contribution in [-0.2, 0) is 4.79 Å². The normalized spacial score (nSPS) is 19.1. The number of carbonyl (C=O) groups excluding carboxylic acids is 1. The Morgan fingerprint density at radius 3 is 2.43 bits per heavy atom. The second kappa shape index (κ2) is 8.65. The number of nitrogens with zero attached hydrogens (tertiary/aromatic N) is 1. The number of hydrogen-bond acceptors (Lipinski definition) is 3. The molecule has 0 unspecified atom stereocenters. The van der Waals surface area contributed by atoms with E-state index in [0.717, 1.165) is 0 Å². The number of likely N-dealkylation sites (tertiary alicyclic amines) is 1. The van der Waals surface area contributed by atoms with Crippen LogP contribution in [0.25, 0.3) is 0 Å². The lowest BCUT2D eigenvalue weighted by atomic mass is 9.94. The van der Waals surface area contributed by atoms with Crippen molar-refractivity contribution < 1.29 is 22.7 Å². The minimum absolute atomic E-state index is 0.0988. The van der Waals surface area contributed by atoms with Crippen LogP contribution in [0.4, 0.5) is 18.9 Å². The number of carbonyl (C=O) groups is 1. The van der Waals surface area contributed by atoms with E-state index in [2.05, 4.69) is 5.32 Å². The summed E-state index contributed by atoms with van der Waals surface area (Å²) in [5.74, 6) is -1.11. The topological polar surface area (TPSA) is 41.6 Å². The van der Waals surface area contributed by atoms with E-state index in [9.17, 15) is 18.0 Å². The summed E-state index contributed by atoms with van der Waals surface area (Å²) in [7, 11) is 1.55. The SMILES string of the molecule is COc1ccc(NC(=O)[C@@H](c2ccccc2)N2CCC[C@H](C(F)(F)F)C2)cc1. The molecule has 0 saturated carbocycles. The summed E-state index contributed by atoms with van der Waals surface area (Å²) >= 11 is 0. The van der Waals surface area contributed by atoms with E-state index in [-0.39, 0.29) is 18.9 Å². The van der Waals surface area contributed by atoms with Gasteiger partial charge in [0.15, 0.2) is 0 Å². The minimum Gasteiger partial charge on any atom is -0.497 e. The Balaban J connectivity index is 1.83. The van der Waals surface area contributed by atoms with Gasteiger partial charge in [0, 0.05) is 12.2 Å². The number of piperidine rings is 1. The molecule has 2 aromatic rings. The largest absolute Gasteiger partial charge is 0.497 e. The first-order valence-corrected chi connectivity index (χ1v) is 9.19. The zero-order valence-corrected chi connectivity index (χ0v) is 15.6. The van der Waals surface area contributed by atoms with Gasteiger partial charge in [-0.05, 0) is 49.2 Å². The first kappa shape index (κ1) is 20.2. The summed E-state index contributed by atoms with van der Waals surface area (Å²) in [6.45, 7) is 0.265. The fraction of sp³-hybridized carbons (Fsp3) is 0.381. The van der Waals surface area contributed by atoms with E-state index >= 15 is 0 Å². The molecular weight excluding hydrogens is 369 g/mol. The predicted octanol–water partition coefficient (Wildman–Crippen LogP) is 4.65. The number of anilines is 1. The van der Waals surface area contributed by atoms with Gasteiger partial charge >= 0.3 is 6.18 Å². The predicted molar refractivity (Wildman–Crippen MR) is 101 cm³/mol. The van der Waals surface area contributed by atoms with Crippen LogP contribution in [-0.4, -0.2) is 37.2 Å². The highest BCUT2D eigenvalue weighted by Crippen LogP contribution is 2.36.